The molecule has 2 aliphatic heterocycles. The third kappa shape index (κ3) is 13.1. The summed E-state index contributed by atoms with van der Waals surface area (Å²) >= 11 is 12.4. The Morgan fingerprint density at radius 3 is 1.70 bits per heavy atom. The van der Waals surface area contributed by atoms with E-state index < -0.39 is 11.7 Å². The van der Waals surface area contributed by atoms with E-state index in [9.17, 15) is 18.4 Å². The molecule has 2 fully saturated rings. The third-order valence-corrected chi connectivity index (χ3v) is 13.9. The number of nitrogen functional groups attached to an aromatic ring is 2. The van der Waals surface area contributed by atoms with E-state index in [1.807, 2.05) is 53.6 Å². The van der Waals surface area contributed by atoms with E-state index in [4.69, 9.17) is 34.7 Å². The zero-order chi connectivity index (χ0) is 48.8. The smallest absolute Gasteiger partial charge is 0.397 e. The first-order chi connectivity index (χ1) is 33.5. The molecule has 2 aliphatic rings. The Labute approximate surface area is 415 Å². The fraction of sp³-hybridized carbons (Fsp3) is 0.364. The molecule has 4 aromatic carbocycles. The van der Waals surface area contributed by atoms with Crippen molar-refractivity contribution in [2.24, 2.45) is 0 Å². The van der Waals surface area contributed by atoms with Crippen LogP contribution < -0.4 is 21.3 Å². The summed E-state index contributed by atoms with van der Waals surface area (Å²) in [5.41, 5.74) is 24.7. The average molecular weight is 977 g/mol. The van der Waals surface area contributed by atoms with Gasteiger partial charge in [0, 0.05) is 93.3 Å². The third-order valence-electron chi connectivity index (χ3n) is 13.4. The molecule has 8 rings (SSSR count). The van der Waals surface area contributed by atoms with Gasteiger partial charge in [0.25, 0.3) is 0 Å². The SMILES string of the molecule is Cc1ccccc1-c1ccnc(CCCCN2CCN(c3cccc(CCl)c3CCl)CC2)c1N.N#Cc1c(N2CCN(CCCCc3nccc(-c4ccccc4)c3N)CC2)cccc1C(F)(F)F. The maximum Gasteiger partial charge on any atom is 0.417 e. The van der Waals surface area contributed by atoms with Crippen LogP contribution in [-0.4, -0.2) is 85.2 Å². The lowest BCUT2D eigenvalue weighted by molar-refractivity contribution is -0.137. The molecular weight excluding hydrogens is 915 g/mol. The van der Waals surface area contributed by atoms with E-state index in [0.29, 0.717) is 30.5 Å². The first-order valence-electron chi connectivity index (χ1n) is 23.9. The number of piperazine rings is 2. The molecule has 69 heavy (non-hydrogen) atoms. The van der Waals surface area contributed by atoms with E-state index in [1.54, 1.807) is 18.3 Å². The second-order valence-electron chi connectivity index (χ2n) is 17.7. The quantitative estimate of drug-likeness (QED) is 0.0723. The first kappa shape index (κ1) is 51.0. The van der Waals surface area contributed by atoms with Crippen molar-refractivity contribution in [3.63, 3.8) is 0 Å². The number of aromatic nitrogens is 2. The second-order valence-corrected chi connectivity index (χ2v) is 18.2. The number of hydrogen-bond donors (Lipinski definition) is 2. The van der Waals surface area contributed by atoms with Crippen molar-refractivity contribution < 1.29 is 13.2 Å². The monoisotopic (exact) mass is 975 g/mol. The summed E-state index contributed by atoms with van der Waals surface area (Å²) in [4.78, 5) is 18.3. The second kappa shape index (κ2) is 24.6. The Morgan fingerprint density at radius 1 is 0.594 bits per heavy atom. The highest BCUT2D eigenvalue weighted by Crippen LogP contribution is 2.37. The van der Waals surface area contributed by atoms with Crippen molar-refractivity contribution in [1.82, 2.24) is 19.8 Å². The Hall–Kier alpha value is -5.84. The summed E-state index contributed by atoms with van der Waals surface area (Å²) in [6.45, 7) is 11.0. The predicted octanol–water partition coefficient (Wildman–Crippen LogP) is 11.6. The number of nitriles is 1. The number of nitrogens with zero attached hydrogens (tertiary/aromatic N) is 7. The summed E-state index contributed by atoms with van der Waals surface area (Å²) in [7, 11) is 0. The van der Waals surface area contributed by atoms with Crippen LogP contribution in [0.2, 0.25) is 0 Å². The van der Waals surface area contributed by atoms with E-state index in [0.717, 1.165) is 142 Å². The lowest BCUT2D eigenvalue weighted by Crippen LogP contribution is -2.47. The lowest BCUT2D eigenvalue weighted by Gasteiger charge is -2.37. The Kier molecular flexibility index (Phi) is 18.2. The van der Waals surface area contributed by atoms with Gasteiger partial charge < -0.3 is 21.3 Å². The highest BCUT2D eigenvalue weighted by atomic mass is 35.5. The minimum Gasteiger partial charge on any atom is -0.397 e. The molecule has 0 spiro atoms. The molecule has 6 aromatic rings. The minimum atomic E-state index is -4.54. The molecule has 0 bridgehead atoms. The summed E-state index contributed by atoms with van der Waals surface area (Å²) in [5, 5.41) is 9.38. The number of halogens is 5. The lowest BCUT2D eigenvalue weighted by atomic mass is 9.98. The van der Waals surface area contributed by atoms with Crippen LogP contribution in [0.4, 0.5) is 35.9 Å². The number of unbranched alkanes of at least 4 members (excludes halogenated alkanes) is 2. The molecule has 2 aromatic heterocycles. The van der Waals surface area contributed by atoms with Crippen LogP contribution in [0.3, 0.4) is 0 Å². The number of hydrogen-bond acceptors (Lipinski definition) is 9. The first-order valence-corrected chi connectivity index (χ1v) is 24.9. The largest absolute Gasteiger partial charge is 0.417 e. The van der Waals surface area contributed by atoms with Gasteiger partial charge in [-0.15, -0.1) is 23.2 Å². The molecule has 0 amide bonds. The molecular formula is C55H62Cl2F3N9. The van der Waals surface area contributed by atoms with Gasteiger partial charge in [-0.1, -0.05) is 72.8 Å². The summed E-state index contributed by atoms with van der Waals surface area (Å²) in [6, 6.07) is 34.4. The van der Waals surface area contributed by atoms with Crippen LogP contribution >= 0.6 is 23.2 Å². The van der Waals surface area contributed by atoms with Gasteiger partial charge in [0.05, 0.1) is 39.6 Å². The molecule has 14 heteroatoms. The summed E-state index contributed by atoms with van der Waals surface area (Å²) in [5.74, 6) is 1.00. The van der Waals surface area contributed by atoms with Crippen molar-refractivity contribution in [2.75, 3.05) is 86.7 Å². The van der Waals surface area contributed by atoms with Crippen LogP contribution in [-0.2, 0) is 30.8 Å². The van der Waals surface area contributed by atoms with Gasteiger partial charge in [0.15, 0.2) is 0 Å². The van der Waals surface area contributed by atoms with Crippen LogP contribution in [0.1, 0.15) is 64.9 Å². The molecule has 0 radical (unpaired) electrons. The standard InChI is InChI=1S/C28H34Cl2N4.C27H28F3N5/c1-21-7-2-3-9-23(21)24-12-13-32-26(28(24)31)10-4-5-14-33-15-17-34(18-16-33)27-11-6-8-22(19-29)25(27)20-30;28-27(29,30)23-9-6-11-25(22(23)19-31)35-17-15-34(16-18-35)14-5-4-10-24-26(32)21(12-13-33-24)20-7-2-1-3-8-20/h2-3,6-9,11-13H,4-5,10,14-20,31H2,1H3;1-3,6-9,11-13H,4-5,10,14-18,32H2. The number of rotatable bonds is 16. The normalized spacial score (nSPS) is 14.6. The van der Waals surface area contributed by atoms with Crippen molar-refractivity contribution in [3.8, 4) is 28.3 Å². The molecule has 9 nitrogen and oxygen atoms in total. The van der Waals surface area contributed by atoms with Crippen LogP contribution in [0.15, 0.2) is 116 Å². The fourth-order valence-electron chi connectivity index (χ4n) is 9.45. The molecule has 362 valence electrons. The zero-order valence-electron chi connectivity index (χ0n) is 39.4. The Bertz CT molecular complexity index is 2640. The molecule has 2 saturated heterocycles. The molecule has 4 heterocycles. The van der Waals surface area contributed by atoms with Gasteiger partial charge in [0.2, 0.25) is 0 Å². The number of alkyl halides is 5. The number of benzene rings is 4. The number of nitrogens with two attached hydrogens (primary N) is 2. The Morgan fingerprint density at radius 2 is 1.13 bits per heavy atom. The van der Waals surface area contributed by atoms with Crippen LogP contribution in [0.5, 0.6) is 0 Å². The van der Waals surface area contributed by atoms with Gasteiger partial charge in [-0.3, -0.25) is 19.8 Å². The van der Waals surface area contributed by atoms with Crippen molar-refractivity contribution >= 4 is 46.0 Å². The molecule has 0 aliphatic carbocycles. The van der Waals surface area contributed by atoms with E-state index in [1.165, 1.54) is 28.4 Å². The molecule has 0 unspecified atom stereocenters. The fourth-order valence-corrected chi connectivity index (χ4v) is 10.0. The Balaban J connectivity index is 0.000000204. The van der Waals surface area contributed by atoms with Crippen molar-refractivity contribution in [2.45, 2.75) is 63.4 Å². The van der Waals surface area contributed by atoms with Gasteiger partial charge in [-0.05, 0) is 117 Å². The van der Waals surface area contributed by atoms with E-state index in [-0.39, 0.29) is 5.56 Å². The number of anilines is 4. The summed E-state index contributed by atoms with van der Waals surface area (Å²) < 4.78 is 39.9. The molecule has 0 saturated carbocycles. The molecule has 4 N–H and O–H groups in total. The summed E-state index contributed by atoms with van der Waals surface area (Å²) in [6.07, 6.45) is 5.01. The zero-order valence-corrected chi connectivity index (χ0v) is 40.9. The highest BCUT2D eigenvalue weighted by molar-refractivity contribution is 6.19. The van der Waals surface area contributed by atoms with Crippen molar-refractivity contribution in [1.29, 1.82) is 5.26 Å². The van der Waals surface area contributed by atoms with E-state index >= 15 is 0 Å². The van der Waals surface area contributed by atoms with Gasteiger partial charge in [-0.2, -0.15) is 18.4 Å². The maximum absolute atomic E-state index is 13.3. The average Bonchev–Trinajstić information content (AvgIpc) is 3.37. The predicted molar refractivity (Wildman–Crippen MR) is 278 cm³/mol. The van der Waals surface area contributed by atoms with Crippen LogP contribution in [0, 0.1) is 18.3 Å². The van der Waals surface area contributed by atoms with Crippen molar-refractivity contribution in [3.05, 3.63) is 155 Å². The molecule has 0 atom stereocenters. The minimum absolute atomic E-state index is 0.295. The van der Waals surface area contributed by atoms with Crippen LogP contribution in [0.25, 0.3) is 22.3 Å². The van der Waals surface area contributed by atoms with E-state index in [2.05, 4.69) is 74.1 Å². The van der Waals surface area contributed by atoms with Gasteiger partial charge in [0.1, 0.15) is 6.07 Å². The number of aryl methyl sites for hydroxylation is 3. The highest BCUT2D eigenvalue weighted by Gasteiger charge is 2.35. The number of pyridine rings is 2. The topological polar surface area (TPSA) is 115 Å². The van der Waals surface area contributed by atoms with Gasteiger partial charge in [-0.25, -0.2) is 0 Å². The maximum atomic E-state index is 13.3. The van der Waals surface area contributed by atoms with Gasteiger partial charge >= 0.3 is 6.18 Å².